The van der Waals surface area contributed by atoms with Crippen LogP contribution in [0.2, 0.25) is 0 Å². The Labute approximate surface area is 116 Å². The molecule has 4 nitrogen and oxygen atoms in total. The molecule has 1 heterocycles. The molecule has 0 aromatic carbocycles. The van der Waals surface area contributed by atoms with Crippen LogP contribution in [0, 0.1) is 0 Å². The molecule has 0 aromatic rings. The minimum absolute atomic E-state index is 0.000602. The van der Waals surface area contributed by atoms with Crippen LogP contribution in [0.3, 0.4) is 0 Å². The van der Waals surface area contributed by atoms with Crippen molar-refractivity contribution >= 4 is 11.7 Å². The van der Waals surface area contributed by atoms with E-state index in [1.165, 1.54) is 25.7 Å². The van der Waals surface area contributed by atoms with Gasteiger partial charge in [0.1, 0.15) is 11.9 Å². The predicted molar refractivity (Wildman–Crippen MR) is 78.4 cm³/mol. The fourth-order valence-corrected chi connectivity index (χ4v) is 3.35. The summed E-state index contributed by atoms with van der Waals surface area (Å²) in [7, 11) is 1.90. The van der Waals surface area contributed by atoms with Crippen molar-refractivity contribution < 1.29 is 4.79 Å². The number of nitrogens with zero attached hydrogens (tertiary/aromatic N) is 3. The number of amidine groups is 1. The lowest BCUT2D eigenvalue weighted by atomic mass is 10.0. The summed E-state index contributed by atoms with van der Waals surface area (Å²) in [6.07, 6.45) is 5.87. The molecule has 0 spiro atoms. The van der Waals surface area contributed by atoms with Crippen molar-refractivity contribution in [3.8, 4) is 0 Å². The Morgan fingerprint density at radius 2 is 1.95 bits per heavy atom. The molecule has 1 amide bonds. The van der Waals surface area contributed by atoms with Crippen molar-refractivity contribution in [3.63, 3.8) is 0 Å². The number of hydrogen-bond acceptors (Lipinski definition) is 2. The zero-order chi connectivity index (χ0) is 14.0. The summed E-state index contributed by atoms with van der Waals surface area (Å²) in [6.45, 7) is 7.00. The zero-order valence-corrected chi connectivity index (χ0v) is 12.7. The second-order valence-electron chi connectivity index (χ2n) is 6.10. The van der Waals surface area contributed by atoms with Gasteiger partial charge in [-0.05, 0) is 33.1 Å². The van der Waals surface area contributed by atoms with E-state index in [2.05, 4.69) is 25.7 Å². The Kier molecular flexibility index (Phi) is 4.48. The Bertz CT molecular complexity index is 358. The third-order valence-corrected chi connectivity index (χ3v) is 4.19. The van der Waals surface area contributed by atoms with E-state index in [0.29, 0.717) is 12.6 Å². The van der Waals surface area contributed by atoms with Gasteiger partial charge in [0, 0.05) is 19.1 Å². The molecule has 2 rings (SSSR count). The SMILES string of the molecule is CC[C@@H]1C(=O)N(C)CC(=NC(C)C)N1C1CCCC1. The molecule has 1 aliphatic heterocycles. The van der Waals surface area contributed by atoms with Gasteiger partial charge in [-0.2, -0.15) is 0 Å². The molecule has 1 saturated carbocycles. The normalized spacial score (nSPS) is 27.9. The highest BCUT2D eigenvalue weighted by Crippen LogP contribution is 2.29. The topological polar surface area (TPSA) is 35.9 Å². The van der Waals surface area contributed by atoms with Crippen LogP contribution >= 0.6 is 0 Å². The number of aliphatic imine (C=N–C) groups is 1. The highest BCUT2D eigenvalue weighted by atomic mass is 16.2. The van der Waals surface area contributed by atoms with Crippen LogP contribution in [0.1, 0.15) is 52.9 Å². The van der Waals surface area contributed by atoms with Gasteiger partial charge in [-0.3, -0.25) is 9.79 Å². The summed E-state index contributed by atoms with van der Waals surface area (Å²) in [5.74, 6) is 1.38. The van der Waals surface area contributed by atoms with Gasteiger partial charge in [0.25, 0.3) is 0 Å². The molecule has 2 aliphatic rings. The summed E-state index contributed by atoms with van der Waals surface area (Å²) >= 11 is 0. The number of carbonyl (C=O) groups excluding carboxylic acids is 1. The van der Waals surface area contributed by atoms with E-state index >= 15 is 0 Å². The minimum Gasteiger partial charge on any atom is -0.344 e. The van der Waals surface area contributed by atoms with Crippen LogP contribution in [-0.4, -0.2) is 53.3 Å². The van der Waals surface area contributed by atoms with Crippen molar-refractivity contribution in [2.24, 2.45) is 4.99 Å². The van der Waals surface area contributed by atoms with Crippen LogP contribution in [0.25, 0.3) is 0 Å². The molecule has 19 heavy (non-hydrogen) atoms. The fraction of sp³-hybridized carbons (Fsp3) is 0.867. The fourth-order valence-electron chi connectivity index (χ4n) is 3.35. The quantitative estimate of drug-likeness (QED) is 0.785. The first-order valence-electron chi connectivity index (χ1n) is 7.64. The van der Waals surface area contributed by atoms with Crippen molar-refractivity contribution in [2.45, 2.75) is 71.0 Å². The van der Waals surface area contributed by atoms with Crippen molar-refractivity contribution in [3.05, 3.63) is 0 Å². The molecule has 1 saturated heterocycles. The lowest BCUT2D eigenvalue weighted by molar-refractivity contribution is -0.136. The van der Waals surface area contributed by atoms with Crippen molar-refractivity contribution in [2.75, 3.05) is 13.6 Å². The second kappa shape index (κ2) is 5.93. The van der Waals surface area contributed by atoms with E-state index in [4.69, 9.17) is 4.99 Å². The number of piperazine rings is 1. The Morgan fingerprint density at radius 1 is 1.32 bits per heavy atom. The van der Waals surface area contributed by atoms with E-state index in [0.717, 1.165) is 12.3 Å². The molecular weight excluding hydrogens is 238 g/mol. The van der Waals surface area contributed by atoms with E-state index in [1.54, 1.807) is 0 Å². The minimum atomic E-state index is -0.000602. The monoisotopic (exact) mass is 265 g/mol. The van der Waals surface area contributed by atoms with Gasteiger partial charge < -0.3 is 9.80 Å². The molecule has 0 bridgehead atoms. The van der Waals surface area contributed by atoms with Crippen LogP contribution < -0.4 is 0 Å². The summed E-state index contributed by atoms with van der Waals surface area (Å²) in [6, 6.07) is 0.817. The Hall–Kier alpha value is -1.06. The molecule has 2 fully saturated rings. The van der Waals surface area contributed by atoms with Gasteiger partial charge in [0.2, 0.25) is 5.91 Å². The molecule has 4 heteroatoms. The van der Waals surface area contributed by atoms with Gasteiger partial charge in [-0.25, -0.2) is 0 Å². The van der Waals surface area contributed by atoms with Crippen molar-refractivity contribution in [1.82, 2.24) is 9.80 Å². The molecule has 0 N–H and O–H groups in total. The Balaban J connectivity index is 2.30. The van der Waals surface area contributed by atoms with Gasteiger partial charge in [0.05, 0.1) is 6.54 Å². The number of carbonyl (C=O) groups is 1. The lowest BCUT2D eigenvalue weighted by Gasteiger charge is -2.44. The summed E-state index contributed by atoms with van der Waals surface area (Å²) in [5.41, 5.74) is 0. The predicted octanol–water partition coefficient (Wildman–Crippen LogP) is 2.29. The van der Waals surface area contributed by atoms with Gasteiger partial charge in [-0.15, -0.1) is 0 Å². The number of likely N-dealkylation sites (N-methyl/N-ethyl adjacent to an activating group) is 1. The summed E-state index contributed by atoms with van der Waals surface area (Å²) in [5, 5.41) is 0. The molecule has 0 radical (unpaired) electrons. The van der Waals surface area contributed by atoms with Gasteiger partial charge in [0.15, 0.2) is 0 Å². The van der Waals surface area contributed by atoms with Crippen molar-refractivity contribution in [1.29, 1.82) is 0 Å². The molecule has 0 unspecified atom stereocenters. The maximum atomic E-state index is 12.4. The molecule has 0 aromatic heterocycles. The molecular formula is C15H27N3O. The van der Waals surface area contributed by atoms with E-state index < -0.39 is 0 Å². The molecule has 108 valence electrons. The third kappa shape index (κ3) is 2.93. The average Bonchev–Trinajstić information content (AvgIpc) is 2.85. The summed E-state index contributed by atoms with van der Waals surface area (Å²) in [4.78, 5) is 21.4. The van der Waals surface area contributed by atoms with Gasteiger partial charge >= 0.3 is 0 Å². The zero-order valence-electron chi connectivity index (χ0n) is 12.7. The Morgan fingerprint density at radius 3 is 2.47 bits per heavy atom. The maximum absolute atomic E-state index is 12.4. The third-order valence-electron chi connectivity index (χ3n) is 4.19. The average molecular weight is 265 g/mol. The lowest BCUT2D eigenvalue weighted by Crippen LogP contribution is -2.61. The first-order valence-corrected chi connectivity index (χ1v) is 7.64. The van der Waals surface area contributed by atoms with Crippen LogP contribution in [0.4, 0.5) is 0 Å². The largest absolute Gasteiger partial charge is 0.344 e. The van der Waals surface area contributed by atoms with E-state index in [1.807, 2.05) is 11.9 Å². The smallest absolute Gasteiger partial charge is 0.245 e. The highest BCUT2D eigenvalue weighted by Gasteiger charge is 2.39. The molecule has 1 aliphatic carbocycles. The standard InChI is InChI=1S/C15H27N3O/c1-5-13-15(19)17(4)10-14(16-11(2)3)18(13)12-8-6-7-9-12/h11-13H,5-10H2,1-4H3/t13-/m1/s1. The van der Waals surface area contributed by atoms with Crippen LogP contribution in [0.15, 0.2) is 4.99 Å². The van der Waals surface area contributed by atoms with Gasteiger partial charge in [-0.1, -0.05) is 19.8 Å². The second-order valence-corrected chi connectivity index (χ2v) is 6.10. The van der Waals surface area contributed by atoms with E-state index in [9.17, 15) is 4.79 Å². The number of rotatable bonds is 3. The first-order chi connectivity index (χ1) is 9.04. The van der Waals surface area contributed by atoms with E-state index in [-0.39, 0.29) is 18.0 Å². The number of hydrogen-bond donors (Lipinski definition) is 0. The van der Waals surface area contributed by atoms with Crippen LogP contribution in [0.5, 0.6) is 0 Å². The first kappa shape index (κ1) is 14.4. The van der Waals surface area contributed by atoms with Crippen LogP contribution in [-0.2, 0) is 4.79 Å². The molecule has 1 atom stereocenters. The maximum Gasteiger partial charge on any atom is 0.245 e. The highest BCUT2D eigenvalue weighted by molar-refractivity contribution is 5.97. The summed E-state index contributed by atoms with van der Waals surface area (Å²) < 4.78 is 0. The number of amides is 1.